The van der Waals surface area contributed by atoms with Gasteiger partial charge in [-0.15, -0.1) is 0 Å². The van der Waals surface area contributed by atoms with Crippen LogP contribution in [0.1, 0.15) is 105 Å². The summed E-state index contributed by atoms with van der Waals surface area (Å²) >= 11 is 0. The number of carbonyl (C=O) groups excluding carboxylic acids is 1. The fourth-order valence-corrected chi connectivity index (χ4v) is 11.6. The lowest BCUT2D eigenvalue weighted by Gasteiger charge is -2.70. The van der Waals surface area contributed by atoms with Crippen LogP contribution in [0.3, 0.4) is 0 Å². The smallest absolute Gasteiger partial charge is 0.331 e. The Balaban J connectivity index is 1.47. The van der Waals surface area contributed by atoms with E-state index in [1.165, 1.54) is 6.08 Å². The van der Waals surface area contributed by atoms with Gasteiger partial charge in [0.25, 0.3) is 0 Å². The minimum Gasteiger partial charge on any atom is -0.508 e. The van der Waals surface area contributed by atoms with E-state index >= 15 is 0 Å². The highest BCUT2D eigenvalue weighted by Crippen LogP contribution is 2.74. The monoisotopic (exact) mass is 604 g/mol. The summed E-state index contributed by atoms with van der Waals surface area (Å²) in [6, 6.07) is 6.71. The molecule has 6 heteroatoms. The molecule has 0 radical (unpaired) electrons. The molecule has 6 nitrogen and oxygen atoms in total. The molecule has 0 aliphatic heterocycles. The first kappa shape index (κ1) is 31.4. The maximum Gasteiger partial charge on any atom is 0.331 e. The van der Waals surface area contributed by atoms with Crippen LogP contribution in [0.15, 0.2) is 42.0 Å². The van der Waals surface area contributed by atoms with E-state index in [0.717, 1.165) is 49.7 Å². The number of allylic oxidation sites excluding steroid dienone is 1. The number of phenolic OH excluding ortho intramolecular Hbond substituents is 1. The number of aliphatic hydroxyl groups excluding tert-OH is 1. The molecule has 4 saturated carbocycles. The molecule has 6 rings (SSSR count). The highest BCUT2D eigenvalue weighted by Gasteiger charge is 2.72. The number of carboxylic acids is 1. The molecule has 0 amide bonds. The first-order chi connectivity index (χ1) is 20.6. The third-order valence-electron chi connectivity index (χ3n) is 14.3. The molecule has 240 valence electrons. The molecule has 5 aliphatic carbocycles. The van der Waals surface area contributed by atoms with Crippen LogP contribution in [-0.2, 0) is 14.3 Å². The van der Waals surface area contributed by atoms with Gasteiger partial charge in [0.15, 0.2) is 0 Å². The molecule has 10 atom stereocenters. The predicted molar refractivity (Wildman–Crippen MR) is 170 cm³/mol. The lowest BCUT2D eigenvalue weighted by Crippen LogP contribution is -2.69. The molecule has 4 fully saturated rings. The Morgan fingerprint density at radius 2 is 1.61 bits per heavy atom. The number of aromatic hydroxyl groups is 1. The molecule has 3 unspecified atom stereocenters. The fourth-order valence-electron chi connectivity index (χ4n) is 11.6. The lowest BCUT2D eigenvalue weighted by molar-refractivity contribution is -0.238. The third-order valence-corrected chi connectivity index (χ3v) is 14.3. The van der Waals surface area contributed by atoms with E-state index in [4.69, 9.17) is 4.74 Å². The van der Waals surface area contributed by atoms with Crippen LogP contribution in [0, 0.1) is 51.2 Å². The highest BCUT2D eigenvalue weighted by atomic mass is 16.6. The van der Waals surface area contributed by atoms with Gasteiger partial charge in [0.1, 0.15) is 11.4 Å². The number of hydrogen-bond donors (Lipinski definition) is 3. The first-order valence-corrected chi connectivity index (χ1v) is 16.9. The van der Waals surface area contributed by atoms with Gasteiger partial charge in [-0.3, -0.25) is 4.79 Å². The Bertz CT molecular complexity index is 1380. The maximum atomic E-state index is 13.9. The minimum atomic E-state index is -0.893. The van der Waals surface area contributed by atoms with Gasteiger partial charge < -0.3 is 20.1 Å². The van der Waals surface area contributed by atoms with Gasteiger partial charge >= 0.3 is 11.9 Å². The predicted octanol–water partition coefficient (Wildman–Crippen LogP) is 7.78. The van der Waals surface area contributed by atoms with Crippen LogP contribution in [0.25, 0.3) is 6.08 Å². The maximum absolute atomic E-state index is 13.9. The Labute approximate surface area is 263 Å². The quantitative estimate of drug-likeness (QED) is 0.184. The average molecular weight is 605 g/mol. The lowest BCUT2D eigenvalue weighted by atomic mass is 9.35. The normalized spacial score (nSPS) is 44.4. The zero-order valence-electron chi connectivity index (χ0n) is 27.4. The van der Waals surface area contributed by atoms with Crippen molar-refractivity contribution in [3.63, 3.8) is 0 Å². The molecule has 0 spiro atoms. The first-order valence-electron chi connectivity index (χ1n) is 16.9. The molecule has 0 aromatic heterocycles. The molecule has 1 aromatic rings. The van der Waals surface area contributed by atoms with Gasteiger partial charge in [-0.1, -0.05) is 59.8 Å². The van der Waals surface area contributed by atoms with Gasteiger partial charge in [0, 0.05) is 17.4 Å². The molecule has 44 heavy (non-hydrogen) atoms. The number of aliphatic hydroxyl groups is 1. The van der Waals surface area contributed by atoms with E-state index in [1.54, 1.807) is 30.3 Å². The summed E-state index contributed by atoms with van der Waals surface area (Å²) < 4.78 is 6.87. The Kier molecular flexibility index (Phi) is 7.47. The Morgan fingerprint density at radius 3 is 2.30 bits per heavy atom. The van der Waals surface area contributed by atoms with E-state index in [-0.39, 0.29) is 45.9 Å². The van der Waals surface area contributed by atoms with Crippen molar-refractivity contribution in [1.82, 2.24) is 0 Å². The van der Waals surface area contributed by atoms with Crippen LogP contribution < -0.4 is 0 Å². The van der Waals surface area contributed by atoms with Gasteiger partial charge in [-0.05, 0) is 122 Å². The van der Waals surface area contributed by atoms with Crippen molar-refractivity contribution in [3.05, 3.63) is 47.6 Å². The molecule has 0 bridgehead atoms. The summed E-state index contributed by atoms with van der Waals surface area (Å²) in [7, 11) is 0. The molecule has 0 heterocycles. The standard InChI is InChI=1S/C38H52O6/c1-23-15-20-37(33(42)43)21-22-38(44-31(41)14-9-25-7-10-26(39)11-8-25)27(32(37)24(23)2)12-13-29-35(5)18-17-30(40)34(3,4)28(35)16-19-36(29,38)6/h7-12,14,23-24,28-30,32,39-40H,13,15-22H2,1-6H3,(H,42,43)/b14-9+/t23-,24+,28?,29?,30+,32?,35+,36-,37+,38+/m1/s1. The van der Waals surface area contributed by atoms with E-state index in [1.807, 2.05) is 0 Å². The highest BCUT2D eigenvalue weighted by molar-refractivity contribution is 5.88. The number of ether oxygens (including phenoxy) is 1. The number of rotatable bonds is 4. The number of carboxylic acid groups (broad SMARTS) is 1. The number of esters is 1. The van der Waals surface area contributed by atoms with Crippen LogP contribution >= 0.6 is 0 Å². The van der Waals surface area contributed by atoms with E-state index in [9.17, 15) is 24.9 Å². The Hall–Kier alpha value is -2.60. The van der Waals surface area contributed by atoms with Crippen LogP contribution in [-0.4, -0.2) is 39.0 Å². The Morgan fingerprint density at radius 1 is 0.909 bits per heavy atom. The van der Waals surface area contributed by atoms with Gasteiger partial charge in [0.05, 0.1) is 11.5 Å². The fraction of sp³-hybridized carbons (Fsp3) is 0.684. The SMILES string of the molecule is C[C@@H]1CC[C@]2(C(=O)O)CC[C@]3(OC(=O)/C=C/c4ccc(O)cc4)C(=CCC4[C@@]5(C)CC[C@H](O)C(C)(C)C5CC[C@]43C)C2[C@H]1C. The molecular weight excluding hydrogens is 552 g/mol. The summed E-state index contributed by atoms with van der Waals surface area (Å²) in [6.07, 6.45) is 12.2. The van der Waals surface area contributed by atoms with E-state index in [2.05, 4.69) is 47.6 Å². The molecule has 3 N–H and O–H groups in total. The third kappa shape index (κ3) is 4.29. The van der Waals surface area contributed by atoms with Crippen molar-refractivity contribution < 1.29 is 29.6 Å². The topological polar surface area (TPSA) is 104 Å². The second-order valence-electron chi connectivity index (χ2n) is 16.3. The second kappa shape index (κ2) is 10.5. The van der Waals surface area contributed by atoms with Crippen molar-refractivity contribution in [3.8, 4) is 5.75 Å². The number of carbonyl (C=O) groups is 2. The van der Waals surface area contributed by atoms with Crippen LogP contribution in [0.5, 0.6) is 5.75 Å². The van der Waals surface area contributed by atoms with Crippen LogP contribution in [0.4, 0.5) is 0 Å². The molecule has 0 saturated heterocycles. The molecule has 1 aromatic carbocycles. The van der Waals surface area contributed by atoms with Crippen molar-refractivity contribution in [2.45, 2.75) is 111 Å². The molecular formula is C38H52O6. The zero-order chi connectivity index (χ0) is 31.9. The summed E-state index contributed by atoms with van der Waals surface area (Å²) in [5.41, 5.74) is -0.480. The van der Waals surface area contributed by atoms with Gasteiger partial charge in [-0.2, -0.15) is 0 Å². The minimum absolute atomic E-state index is 0.0359. The average Bonchev–Trinajstić information content (AvgIpc) is 2.97. The van der Waals surface area contributed by atoms with Crippen LogP contribution in [0.2, 0.25) is 0 Å². The molecule has 5 aliphatic rings. The number of aliphatic carboxylic acids is 1. The number of fused-ring (bicyclic) bond motifs is 7. The summed E-state index contributed by atoms with van der Waals surface area (Å²) in [5.74, 6) is 0.0102. The number of benzene rings is 1. The van der Waals surface area contributed by atoms with E-state index < -0.39 is 23.0 Å². The number of phenols is 1. The summed E-state index contributed by atoms with van der Waals surface area (Å²) in [4.78, 5) is 27.1. The second-order valence-corrected chi connectivity index (χ2v) is 16.3. The summed E-state index contributed by atoms with van der Waals surface area (Å²) in [6.45, 7) is 13.7. The van der Waals surface area contributed by atoms with Crippen molar-refractivity contribution in [2.75, 3.05) is 0 Å². The van der Waals surface area contributed by atoms with Crippen molar-refractivity contribution in [2.24, 2.45) is 51.2 Å². The largest absolute Gasteiger partial charge is 0.508 e. The van der Waals surface area contributed by atoms with Crippen molar-refractivity contribution in [1.29, 1.82) is 0 Å². The van der Waals surface area contributed by atoms with Crippen molar-refractivity contribution >= 4 is 18.0 Å². The zero-order valence-corrected chi connectivity index (χ0v) is 27.4. The van der Waals surface area contributed by atoms with E-state index in [0.29, 0.717) is 31.1 Å². The van der Waals surface area contributed by atoms with Gasteiger partial charge in [-0.25, -0.2) is 4.79 Å². The number of hydrogen-bond acceptors (Lipinski definition) is 5. The van der Waals surface area contributed by atoms with Gasteiger partial charge in [0.2, 0.25) is 0 Å². The summed E-state index contributed by atoms with van der Waals surface area (Å²) in [5, 5.41) is 31.6.